The van der Waals surface area contributed by atoms with E-state index in [-0.39, 0.29) is 16.6 Å². The van der Waals surface area contributed by atoms with Gasteiger partial charge in [0, 0.05) is 6.42 Å². The minimum Gasteiger partial charge on any atom is -0.298 e. The highest BCUT2D eigenvalue weighted by Gasteiger charge is 2.39. The van der Waals surface area contributed by atoms with Crippen LogP contribution in [0.1, 0.15) is 38.8 Å². The van der Waals surface area contributed by atoms with Gasteiger partial charge in [-0.3, -0.25) is 4.79 Å². The summed E-state index contributed by atoms with van der Waals surface area (Å²) in [5, 5.41) is 0. The summed E-state index contributed by atoms with van der Waals surface area (Å²) in [6, 6.07) is 9.81. The van der Waals surface area contributed by atoms with Gasteiger partial charge in [0.05, 0.1) is 17.3 Å². The summed E-state index contributed by atoms with van der Waals surface area (Å²) in [7, 11) is -1.15. The predicted octanol–water partition coefficient (Wildman–Crippen LogP) is 2.46. The van der Waals surface area contributed by atoms with Gasteiger partial charge < -0.3 is 0 Å². The van der Waals surface area contributed by atoms with Crippen LogP contribution < -0.4 is 0 Å². The van der Waals surface area contributed by atoms with Gasteiger partial charge in [0.25, 0.3) is 0 Å². The van der Waals surface area contributed by atoms with Gasteiger partial charge in [0.15, 0.2) is 0 Å². The fourth-order valence-corrected chi connectivity index (χ4v) is 3.54. The van der Waals surface area contributed by atoms with Crippen LogP contribution in [0, 0.1) is 0 Å². The summed E-state index contributed by atoms with van der Waals surface area (Å²) in [4.78, 5) is 11.7. The number of hydrogen-bond donors (Lipinski definition) is 0. The van der Waals surface area contributed by atoms with E-state index in [4.69, 9.17) is 0 Å². The van der Waals surface area contributed by atoms with Crippen molar-refractivity contribution in [3.8, 4) is 0 Å². The molecule has 1 heterocycles. The van der Waals surface area contributed by atoms with Crippen LogP contribution >= 0.6 is 0 Å². The molecule has 0 radical (unpaired) electrons. The van der Waals surface area contributed by atoms with Gasteiger partial charge in [-0.15, -0.1) is 0 Å². The number of ketones is 1. The minimum atomic E-state index is -1.15. The Morgan fingerprint density at radius 2 is 1.83 bits per heavy atom. The molecule has 0 saturated carbocycles. The van der Waals surface area contributed by atoms with E-state index in [2.05, 4.69) is 0 Å². The van der Waals surface area contributed by atoms with Crippen molar-refractivity contribution in [2.45, 2.75) is 38.0 Å². The molecule has 2 atom stereocenters. The van der Waals surface area contributed by atoms with Crippen molar-refractivity contribution in [2.75, 3.05) is 6.54 Å². The Kier molecular flexibility index (Phi) is 3.69. The van der Waals surface area contributed by atoms with E-state index in [1.807, 2.05) is 55.4 Å². The maximum Gasteiger partial charge on any atom is 0.149 e. The summed E-state index contributed by atoms with van der Waals surface area (Å²) >= 11 is 0. The number of hydrogen-bond acceptors (Lipinski definition) is 2. The first-order valence-electron chi connectivity index (χ1n) is 6.15. The van der Waals surface area contributed by atoms with Gasteiger partial charge in [0.1, 0.15) is 16.8 Å². The lowest BCUT2D eigenvalue weighted by Gasteiger charge is -2.29. The Bertz CT molecular complexity index is 464. The Hall–Kier alpha value is -1.00. The van der Waals surface area contributed by atoms with E-state index in [9.17, 15) is 9.00 Å². The lowest BCUT2D eigenvalue weighted by atomic mass is 10.1. The van der Waals surface area contributed by atoms with Gasteiger partial charge in [-0.2, -0.15) is 0 Å². The molecular formula is C14H19NO2S. The van der Waals surface area contributed by atoms with Gasteiger partial charge in [-0.05, 0) is 26.3 Å². The number of Topliss-reactive ketones (excluding diaryl/α,β-unsaturated/α-hetero) is 1. The minimum absolute atomic E-state index is 0.0428. The molecule has 0 aliphatic carbocycles. The van der Waals surface area contributed by atoms with Crippen molar-refractivity contribution in [1.29, 1.82) is 0 Å². The van der Waals surface area contributed by atoms with Crippen molar-refractivity contribution in [2.24, 2.45) is 0 Å². The monoisotopic (exact) mass is 265 g/mol. The van der Waals surface area contributed by atoms with Gasteiger partial charge in [0.2, 0.25) is 0 Å². The van der Waals surface area contributed by atoms with Gasteiger partial charge >= 0.3 is 0 Å². The molecule has 3 nitrogen and oxygen atoms in total. The average Bonchev–Trinajstić information content (AvgIpc) is 2.70. The van der Waals surface area contributed by atoms with Gasteiger partial charge in [-0.1, -0.05) is 30.3 Å². The first-order valence-corrected chi connectivity index (χ1v) is 7.25. The van der Waals surface area contributed by atoms with Crippen molar-refractivity contribution in [3.63, 3.8) is 0 Å². The molecule has 1 aromatic carbocycles. The van der Waals surface area contributed by atoms with Crippen LogP contribution in [0.5, 0.6) is 0 Å². The van der Waals surface area contributed by atoms with Crippen molar-refractivity contribution >= 4 is 16.8 Å². The third-order valence-electron chi connectivity index (χ3n) is 3.02. The lowest BCUT2D eigenvalue weighted by molar-refractivity contribution is -0.116. The first-order chi connectivity index (χ1) is 8.39. The fraction of sp³-hybridized carbons (Fsp3) is 0.500. The molecule has 0 amide bonds. The Balaban J connectivity index is 2.29. The van der Waals surface area contributed by atoms with Crippen LogP contribution in [0.4, 0.5) is 0 Å². The maximum absolute atomic E-state index is 12.5. The van der Waals surface area contributed by atoms with E-state index in [1.54, 1.807) is 0 Å². The summed E-state index contributed by atoms with van der Waals surface area (Å²) < 4.78 is 14.0. The summed E-state index contributed by atoms with van der Waals surface area (Å²) in [6.07, 6.45) is 0.464. The molecule has 1 fully saturated rings. The zero-order valence-corrected chi connectivity index (χ0v) is 11.9. The molecule has 1 aliphatic rings. The standard InChI is InChI=1S/C14H19NO2S/c1-14(2,3)18(17)15-10-12(16)9-13(15)11-7-5-4-6-8-11/h4-8,13H,9-10H2,1-3H3/t13-,18?/m1/s1. The third-order valence-corrected chi connectivity index (χ3v) is 4.88. The third kappa shape index (κ3) is 2.70. The van der Waals surface area contributed by atoms with E-state index in [0.29, 0.717) is 13.0 Å². The Morgan fingerprint density at radius 3 is 2.39 bits per heavy atom. The SMILES string of the molecule is CC(C)(C)S(=O)N1CC(=O)C[C@@H]1c1ccccc1. The molecule has 0 bridgehead atoms. The smallest absolute Gasteiger partial charge is 0.149 e. The molecule has 1 unspecified atom stereocenters. The number of nitrogens with zero attached hydrogens (tertiary/aromatic N) is 1. The van der Waals surface area contributed by atoms with E-state index >= 15 is 0 Å². The highest BCUT2D eigenvalue weighted by atomic mass is 32.2. The van der Waals surface area contributed by atoms with E-state index < -0.39 is 11.0 Å². The molecule has 2 rings (SSSR count). The lowest BCUT2D eigenvalue weighted by Crippen LogP contribution is -2.37. The van der Waals surface area contributed by atoms with E-state index in [1.165, 1.54) is 0 Å². The normalized spacial score (nSPS) is 23.3. The highest BCUT2D eigenvalue weighted by Crippen LogP contribution is 2.34. The summed E-state index contributed by atoms with van der Waals surface area (Å²) in [5.74, 6) is 0.168. The van der Waals surface area contributed by atoms with Gasteiger partial charge in [-0.25, -0.2) is 8.51 Å². The number of carbonyl (C=O) groups excluding carboxylic acids is 1. The van der Waals surface area contributed by atoms with Crippen LogP contribution in [0.25, 0.3) is 0 Å². The molecular weight excluding hydrogens is 246 g/mol. The molecule has 0 N–H and O–H groups in total. The second-order valence-corrected chi connectivity index (χ2v) is 7.80. The number of benzene rings is 1. The Labute approximate surface area is 111 Å². The second kappa shape index (κ2) is 4.94. The van der Waals surface area contributed by atoms with Crippen LogP contribution in [0.15, 0.2) is 30.3 Å². The van der Waals surface area contributed by atoms with Crippen molar-refractivity contribution in [3.05, 3.63) is 35.9 Å². The predicted molar refractivity (Wildman–Crippen MR) is 73.4 cm³/mol. The van der Waals surface area contributed by atoms with Crippen LogP contribution in [-0.4, -0.2) is 25.6 Å². The quantitative estimate of drug-likeness (QED) is 0.823. The Morgan fingerprint density at radius 1 is 1.22 bits per heavy atom. The zero-order valence-electron chi connectivity index (χ0n) is 11.1. The fourth-order valence-electron chi connectivity index (χ4n) is 2.15. The first kappa shape index (κ1) is 13.4. The van der Waals surface area contributed by atoms with Crippen molar-refractivity contribution < 1.29 is 9.00 Å². The molecule has 0 spiro atoms. The van der Waals surface area contributed by atoms with E-state index in [0.717, 1.165) is 5.56 Å². The molecule has 4 heteroatoms. The molecule has 0 aromatic heterocycles. The molecule has 1 aromatic rings. The zero-order chi connectivity index (χ0) is 13.3. The topological polar surface area (TPSA) is 37.4 Å². The van der Waals surface area contributed by atoms with Crippen LogP contribution in [0.3, 0.4) is 0 Å². The van der Waals surface area contributed by atoms with Crippen molar-refractivity contribution in [1.82, 2.24) is 4.31 Å². The number of rotatable bonds is 2. The maximum atomic E-state index is 12.5. The average molecular weight is 265 g/mol. The number of carbonyl (C=O) groups is 1. The largest absolute Gasteiger partial charge is 0.298 e. The molecule has 1 aliphatic heterocycles. The second-order valence-electron chi connectivity index (χ2n) is 5.61. The molecule has 1 saturated heterocycles. The molecule has 98 valence electrons. The molecule has 18 heavy (non-hydrogen) atoms. The van der Waals surface area contributed by atoms with Crippen LogP contribution in [-0.2, 0) is 15.8 Å². The summed E-state index contributed by atoms with van der Waals surface area (Å²) in [6.45, 7) is 6.11. The van der Waals surface area contributed by atoms with Crippen LogP contribution in [0.2, 0.25) is 0 Å². The highest BCUT2D eigenvalue weighted by molar-refractivity contribution is 7.84. The summed E-state index contributed by atoms with van der Waals surface area (Å²) in [5.41, 5.74) is 1.07.